The molecule has 0 aliphatic carbocycles. The van der Waals surface area contributed by atoms with E-state index in [0.717, 1.165) is 13.0 Å². The number of nitrogens with zero attached hydrogens (tertiary/aromatic N) is 5. The van der Waals surface area contributed by atoms with Gasteiger partial charge in [0.1, 0.15) is 6.10 Å². The van der Waals surface area contributed by atoms with Crippen LogP contribution in [0.2, 0.25) is 0 Å². The molecule has 4 rings (SSSR count). The van der Waals surface area contributed by atoms with Gasteiger partial charge in [0.2, 0.25) is 11.7 Å². The average Bonchev–Trinajstić information content (AvgIpc) is 3.36. The van der Waals surface area contributed by atoms with E-state index in [0.29, 0.717) is 29.8 Å². The molecule has 1 aliphatic heterocycles. The molecule has 0 radical (unpaired) electrons. The third kappa shape index (κ3) is 2.76. The van der Waals surface area contributed by atoms with Gasteiger partial charge in [-0.25, -0.2) is 4.98 Å². The van der Waals surface area contributed by atoms with Crippen molar-refractivity contribution in [2.24, 2.45) is 5.92 Å². The lowest BCUT2D eigenvalue weighted by Gasteiger charge is -2.14. The molecule has 2 atom stereocenters. The highest BCUT2D eigenvalue weighted by molar-refractivity contribution is 5.60. The number of pyridine rings is 1. The van der Waals surface area contributed by atoms with Gasteiger partial charge < -0.3 is 14.0 Å². The van der Waals surface area contributed by atoms with Gasteiger partial charge in [-0.15, -0.1) is 0 Å². The summed E-state index contributed by atoms with van der Waals surface area (Å²) in [6.45, 7) is 1.43. The van der Waals surface area contributed by atoms with E-state index < -0.39 is 0 Å². The third-order valence-corrected chi connectivity index (χ3v) is 4.09. The van der Waals surface area contributed by atoms with E-state index in [9.17, 15) is 0 Å². The van der Waals surface area contributed by atoms with Gasteiger partial charge in [0, 0.05) is 37.7 Å². The minimum atomic E-state index is -0.224. The van der Waals surface area contributed by atoms with Crippen LogP contribution >= 0.6 is 0 Å². The van der Waals surface area contributed by atoms with Gasteiger partial charge in [-0.05, 0) is 24.6 Å². The summed E-state index contributed by atoms with van der Waals surface area (Å²) < 4.78 is 18.4. The van der Waals surface area contributed by atoms with Crippen molar-refractivity contribution in [2.75, 3.05) is 13.7 Å². The van der Waals surface area contributed by atoms with Gasteiger partial charge in [-0.3, -0.25) is 4.68 Å². The molecule has 1 fully saturated rings. The van der Waals surface area contributed by atoms with Crippen molar-refractivity contribution < 1.29 is 14.0 Å². The summed E-state index contributed by atoms with van der Waals surface area (Å²) in [5, 5.41) is 8.32. The predicted octanol–water partition coefficient (Wildman–Crippen LogP) is 2.11. The molecule has 0 amide bonds. The quantitative estimate of drug-likeness (QED) is 0.709. The molecule has 8 heteroatoms. The molecule has 3 aromatic rings. The summed E-state index contributed by atoms with van der Waals surface area (Å²) in [5.41, 5.74) is 0.691. The first-order chi connectivity index (χ1) is 11.8. The molecular weight excluding hydrogens is 310 g/mol. The Balaban J connectivity index is 1.57. The molecule has 1 saturated heterocycles. The molecule has 1 aliphatic rings. The van der Waals surface area contributed by atoms with Crippen LogP contribution in [0.25, 0.3) is 11.4 Å². The number of aromatic nitrogens is 5. The van der Waals surface area contributed by atoms with Crippen molar-refractivity contribution in [3.63, 3.8) is 0 Å². The summed E-state index contributed by atoms with van der Waals surface area (Å²) in [7, 11) is 1.56. The Morgan fingerprint density at radius 1 is 1.33 bits per heavy atom. The standard InChI is InChI=1S/C16H17N5O3/c1-22-15-12(4-2-6-17-15)14-19-16(24-20-14)13-11(5-9-23-13)10-21-8-3-7-18-21/h2-4,6-8,11,13H,5,9-10H2,1H3/t11-,13-/m0/s1. The van der Waals surface area contributed by atoms with Gasteiger partial charge in [0.25, 0.3) is 5.89 Å². The smallest absolute Gasteiger partial charge is 0.256 e. The highest BCUT2D eigenvalue weighted by Crippen LogP contribution is 2.36. The fourth-order valence-electron chi connectivity index (χ4n) is 2.93. The fourth-order valence-corrected chi connectivity index (χ4v) is 2.93. The highest BCUT2D eigenvalue weighted by atomic mass is 16.5. The Bertz CT molecular complexity index is 802. The molecular formula is C16H17N5O3. The van der Waals surface area contributed by atoms with E-state index in [2.05, 4.69) is 20.2 Å². The van der Waals surface area contributed by atoms with Crippen LogP contribution in [0, 0.1) is 5.92 Å². The van der Waals surface area contributed by atoms with Crippen LogP contribution in [0.5, 0.6) is 5.88 Å². The number of methoxy groups -OCH3 is 1. The van der Waals surface area contributed by atoms with E-state index in [-0.39, 0.29) is 12.0 Å². The van der Waals surface area contributed by atoms with Gasteiger partial charge in [0.15, 0.2) is 0 Å². The summed E-state index contributed by atoms with van der Waals surface area (Å²) in [6.07, 6.45) is 6.07. The van der Waals surface area contributed by atoms with Crippen molar-refractivity contribution in [1.29, 1.82) is 0 Å². The zero-order valence-corrected chi connectivity index (χ0v) is 13.2. The minimum absolute atomic E-state index is 0.224. The van der Waals surface area contributed by atoms with Crippen LogP contribution in [0.1, 0.15) is 18.4 Å². The first kappa shape index (κ1) is 14.8. The van der Waals surface area contributed by atoms with Gasteiger partial charge in [-0.1, -0.05) is 5.16 Å². The molecule has 124 valence electrons. The Kier molecular flexibility index (Phi) is 3.96. The first-order valence-corrected chi connectivity index (χ1v) is 7.77. The topological polar surface area (TPSA) is 88.1 Å². The van der Waals surface area contributed by atoms with E-state index in [1.165, 1.54) is 0 Å². The zero-order valence-electron chi connectivity index (χ0n) is 13.2. The van der Waals surface area contributed by atoms with E-state index >= 15 is 0 Å². The summed E-state index contributed by atoms with van der Waals surface area (Å²) >= 11 is 0. The zero-order chi connectivity index (χ0) is 16.4. The normalized spacial score (nSPS) is 20.4. The molecule has 0 bridgehead atoms. The number of ether oxygens (including phenoxy) is 2. The van der Waals surface area contributed by atoms with E-state index in [4.69, 9.17) is 14.0 Å². The Morgan fingerprint density at radius 3 is 3.12 bits per heavy atom. The summed E-state index contributed by atoms with van der Waals surface area (Å²) in [5.74, 6) is 1.63. The minimum Gasteiger partial charge on any atom is -0.480 e. The van der Waals surface area contributed by atoms with Crippen LogP contribution in [0.4, 0.5) is 0 Å². The molecule has 3 aromatic heterocycles. The second-order valence-electron chi connectivity index (χ2n) is 5.58. The second kappa shape index (κ2) is 6.40. The van der Waals surface area contributed by atoms with Crippen LogP contribution in [0.15, 0.2) is 41.3 Å². The monoisotopic (exact) mass is 327 g/mol. The third-order valence-electron chi connectivity index (χ3n) is 4.09. The average molecular weight is 327 g/mol. The molecule has 0 N–H and O–H groups in total. The van der Waals surface area contributed by atoms with E-state index in [1.54, 1.807) is 25.6 Å². The van der Waals surface area contributed by atoms with Crippen molar-refractivity contribution in [3.8, 4) is 17.3 Å². The van der Waals surface area contributed by atoms with Gasteiger partial charge in [0.05, 0.1) is 12.7 Å². The predicted molar refractivity (Wildman–Crippen MR) is 83.1 cm³/mol. The number of hydrogen-bond acceptors (Lipinski definition) is 7. The van der Waals surface area contributed by atoms with Crippen molar-refractivity contribution in [2.45, 2.75) is 19.1 Å². The number of rotatable bonds is 5. The molecule has 4 heterocycles. The van der Waals surface area contributed by atoms with Gasteiger partial charge >= 0.3 is 0 Å². The van der Waals surface area contributed by atoms with Crippen LogP contribution in [-0.2, 0) is 11.3 Å². The molecule has 8 nitrogen and oxygen atoms in total. The molecule has 0 unspecified atom stereocenters. The molecule has 0 spiro atoms. The second-order valence-corrected chi connectivity index (χ2v) is 5.58. The van der Waals surface area contributed by atoms with Gasteiger partial charge in [-0.2, -0.15) is 10.1 Å². The summed E-state index contributed by atoms with van der Waals surface area (Å²) in [6, 6.07) is 5.56. The molecule has 0 saturated carbocycles. The maximum absolute atomic E-state index is 5.82. The van der Waals surface area contributed by atoms with Crippen LogP contribution in [0.3, 0.4) is 0 Å². The first-order valence-electron chi connectivity index (χ1n) is 7.77. The Hall–Kier alpha value is -2.74. The van der Waals surface area contributed by atoms with Crippen molar-refractivity contribution in [3.05, 3.63) is 42.7 Å². The molecule has 0 aromatic carbocycles. The van der Waals surface area contributed by atoms with Crippen molar-refractivity contribution >= 4 is 0 Å². The largest absolute Gasteiger partial charge is 0.480 e. The maximum atomic E-state index is 5.82. The lowest BCUT2D eigenvalue weighted by atomic mass is 10.0. The highest BCUT2D eigenvalue weighted by Gasteiger charge is 2.34. The lowest BCUT2D eigenvalue weighted by molar-refractivity contribution is 0.0578. The Morgan fingerprint density at radius 2 is 2.29 bits per heavy atom. The fraction of sp³-hybridized carbons (Fsp3) is 0.375. The van der Waals surface area contributed by atoms with Crippen molar-refractivity contribution in [1.82, 2.24) is 24.9 Å². The Labute approximate surface area is 138 Å². The summed E-state index contributed by atoms with van der Waals surface area (Å²) in [4.78, 5) is 8.66. The molecule has 24 heavy (non-hydrogen) atoms. The van der Waals surface area contributed by atoms with E-state index in [1.807, 2.05) is 23.0 Å². The maximum Gasteiger partial charge on any atom is 0.256 e. The van der Waals surface area contributed by atoms with Crippen LogP contribution in [-0.4, -0.2) is 38.6 Å². The van der Waals surface area contributed by atoms with Crippen LogP contribution < -0.4 is 4.74 Å². The lowest BCUT2D eigenvalue weighted by Crippen LogP contribution is -2.15. The number of hydrogen-bond donors (Lipinski definition) is 0. The SMILES string of the molecule is COc1ncccc1-c1noc([C@H]2OCC[C@H]2Cn2cccn2)n1.